The molecule has 0 amide bonds. The Labute approximate surface area is 167 Å². The number of benzene rings is 2. The van der Waals surface area contributed by atoms with Gasteiger partial charge in [-0.15, -0.1) is 0 Å². The van der Waals surface area contributed by atoms with Crippen molar-refractivity contribution in [3.8, 4) is 5.75 Å². The van der Waals surface area contributed by atoms with Crippen molar-refractivity contribution in [2.75, 3.05) is 32.8 Å². The molecule has 28 heavy (non-hydrogen) atoms. The first-order valence-corrected chi connectivity index (χ1v) is 10.7. The van der Waals surface area contributed by atoms with Crippen molar-refractivity contribution in [1.29, 1.82) is 0 Å². The summed E-state index contributed by atoms with van der Waals surface area (Å²) in [7, 11) is 0. The zero-order valence-electron chi connectivity index (χ0n) is 16.4. The molecule has 148 valence electrons. The molecule has 4 heteroatoms. The third-order valence-corrected chi connectivity index (χ3v) is 6.99. The van der Waals surface area contributed by atoms with Crippen molar-refractivity contribution < 1.29 is 9.84 Å². The van der Waals surface area contributed by atoms with E-state index in [1.54, 1.807) is 0 Å². The van der Waals surface area contributed by atoms with Crippen molar-refractivity contribution in [3.63, 3.8) is 0 Å². The highest BCUT2D eigenvalue weighted by Gasteiger charge is 2.52. The molecule has 0 unspecified atom stereocenters. The number of likely N-dealkylation sites (tertiary alicyclic amines) is 1. The Bertz CT molecular complexity index is 771. The zero-order chi connectivity index (χ0) is 18.9. The number of aliphatic hydroxyl groups excluding tert-OH is 1. The van der Waals surface area contributed by atoms with Crippen LogP contribution in [-0.4, -0.2) is 59.8 Å². The SMILES string of the molecule is OCCOc1ccc(CN2C[C@H](c3ccccc3)[C@H]3[C@@H]2C2CCN3CC2)cc1. The van der Waals surface area contributed by atoms with E-state index in [4.69, 9.17) is 9.84 Å². The second-order valence-electron chi connectivity index (χ2n) is 8.52. The minimum Gasteiger partial charge on any atom is -0.491 e. The van der Waals surface area contributed by atoms with E-state index in [9.17, 15) is 0 Å². The summed E-state index contributed by atoms with van der Waals surface area (Å²) in [4.78, 5) is 5.52. The number of rotatable bonds is 6. The molecule has 0 aliphatic carbocycles. The molecule has 2 aromatic rings. The lowest BCUT2D eigenvalue weighted by Gasteiger charge is -2.51. The lowest BCUT2D eigenvalue weighted by atomic mass is 9.75. The maximum Gasteiger partial charge on any atom is 0.119 e. The van der Waals surface area contributed by atoms with E-state index in [1.165, 1.54) is 37.1 Å². The fourth-order valence-corrected chi connectivity index (χ4v) is 5.80. The van der Waals surface area contributed by atoms with Gasteiger partial charge < -0.3 is 9.84 Å². The molecule has 6 rings (SSSR count). The van der Waals surface area contributed by atoms with Crippen LogP contribution < -0.4 is 4.74 Å². The molecule has 0 spiro atoms. The second kappa shape index (κ2) is 7.86. The van der Waals surface area contributed by atoms with E-state index >= 15 is 0 Å². The van der Waals surface area contributed by atoms with E-state index in [2.05, 4.69) is 52.3 Å². The van der Waals surface area contributed by atoms with Crippen LogP contribution in [0.3, 0.4) is 0 Å². The van der Waals surface area contributed by atoms with E-state index in [0.717, 1.165) is 24.8 Å². The van der Waals surface area contributed by atoms with Crippen LogP contribution in [0.4, 0.5) is 0 Å². The van der Waals surface area contributed by atoms with Crippen molar-refractivity contribution in [2.24, 2.45) is 5.92 Å². The zero-order valence-corrected chi connectivity index (χ0v) is 16.4. The third kappa shape index (κ3) is 3.34. The Morgan fingerprint density at radius 1 is 0.929 bits per heavy atom. The van der Waals surface area contributed by atoms with Crippen LogP contribution >= 0.6 is 0 Å². The molecule has 2 bridgehead atoms. The van der Waals surface area contributed by atoms with Gasteiger partial charge in [-0.25, -0.2) is 0 Å². The van der Waals surface area contributed by atoms with Gasteiger partial charge in [0.2, 0.25) is 0 Å². The number of ether oxygens (including phenoxy) is 1. The van der Waals surface area contributed by atoms with Crippen LogP contribution in [0.2, 0.25) is 0 Å². The molecule has 0 saturated carbocycles. The number of nitrogens with zero attached hydrogens (tertiary/aromatic N) is 2. The summed E-state index contributed by atoms with van der Waals surface area (Å²) < 4.78 is 5.51. The predicted molar refractivity (Wildman–Crippen MR) is 110 cm³/mol. The van der Waals surface area contributed by atoms with E-state index in [-0.39, 0.29) is 6.61 Å². The molecular weight excluding hydrogens is 348 g/mol. The largest absolute Gasteiger partial charge is 0.491 e. The van der Waals surface area contributed by atoms with Gasteiger partial charge in [-0.3, -0.25) is 9.80 Å². The van der Waals surface area contributed by atoms with E-state index in [1.807, 2.05) is 12.1 Å². The molecule has 4 fully saturated rings. The summed E-state index contributed by atoms with van der Waals surface area (Å²) in [5.74, 6) is 2.29. The molecule has 3 atom stereocenters. The van der Waals surface area contributed by atoms with Gasteiger partial charge in [-0.2, -0.15) is 0 Å². The van der Waals surface area contributed by atoms with Crippen LogP contribution in [0.25, 0.3) is 0 Å². The van der Waals surface area contributed by atoms with Crippen molar-refractivity contribution in [1.82, 2.24) is 9.80 Å². The van der Waals surface area contributed by atoms with Gasteiger partial charge in [-0.05, 0) is 55.1 Å². The minimum atomic E-state index is 0.0529. The topological polar surface area (TPSA) is 35.9 Å². The van der Waals surface area contributed by atoms with Crippen molar-refractivity contribution in [2.45, 2.75) is 37.4 Å². The fourth-order valence-electron chi connectivity index (χ4n) is 5.80. The normalized spacial score (nSPS) is 31.7. The highest BCUT2D eigenvalue weighted by Crippen LogP contribution is 2.46. The highest BCUT2D eigenvalue weighted by atomic mass is 16.5. The summed E-state index contributed by atoms with van der Waals surface area (Å²) in [5, 5.41) is 8.92. The molecule has 4 nitrogen and oxygen atoms in total. The molecular formula is C24H30N2O2. The molecule has 1 N–H and O–H groups in total. The predicted octanol–water partition coefficient (Wildman–Crippen LogP) is 3.12. The smallest absolute Gasteiger partial charge is 0.119 e. The molecule has 4 aliphatic rings. The van der Waals surface area contributed by atoms with E-state index in [0.29, 0.717) is 24.6 Å². The highest BCUT2D eigenvalue weighted by molar-refractivity contribution is 5.30. The monoisotopic (exact) mass is 378 g/mol. The first-order chi connectivity index (χ1) is 13.8. The average Bonchev–Trinajstić information content (AvgIpc) is 3.16. The van der Waals surface area contributed by atoms with Gasteiger partial charge in [0, 0.05) is 31.1 Å². The van der Waals surface area contributed by atoms with Gasteiger partial charge in [0.05, 0.1) is 6.61 Å². The first kappa shape index (κ1) is 18.2. The number of aliphatic hydroxyl groups is 1. The summed E-state index contributed by atoms with van der Waals surface area (Å²) in [6.45, 7) is 5.12. The minimum absolute atomic E-state index is 0.0529. The maximum atomic E-state index is 8.92. The Balaban J connectivity index is 1.37. The summed E-state index contributed by atoms with van der Waals surface area (Å²) in [6.07, 6.45) is 2.71. The Morgan fingerprint density at radius 2 is 1.68 bits per heavy atom. The molecule has 0 aromatic heterocycles. The van der Waals surface area contributed by atoms with Crippen LogP contribution in [0.5, 0.6) is 5.75 Å². The van der Waals surface area contributed by atoms with Gasteiger partial charge >= 0.3 is 0 Å². The van der Waals surface area contributed by atoms with Crippen LogP contribution in [-0.2, 0) is 6.54 Å². The summed E-state index contributed by atoms with van der Waals surface area (Å²) in [6, 6.07) is 20.9. The van der Waals surface area contributed by atoms with Gasteiger partial charge in [0.1, 0.15) is 12.4 Å². The van der Waals surface area contributed by atoms with Crippen molar-refractivity contribution in [3.05, 3.63) is 65.7 Å². The Kier molecular flexibility index (Phi) is 5.10. The fraction of sp³-hybridized carbons (Fsp3) is 0.500. The third-order valence-electron chi connectivity index (χ3n) is 6.99. The van der Waals surface area contributed by atoms with Gasteiger partial charge in [0.25, 0.3) is 0 Å². The second-order valence-corrected chi connectivity index (χ2v) is 8.52. The molecule has 2 aromatic carbocycles. The van der Waals surface area contributed by atoms with Crippen LogP contribution in [0.1, 0.15) is 29.9 Å². The number of hydrogen-bond donors (Lipinski definition) is 1. The van der Waals surface area contributed by atoms with Gasteiger partial charge in [-0.1, -0.05) is 42.5 Å². The number of hydrogen-bond acceptors (Lipinski definition) is 4. The molecule has 4 aliphatic heterocycles. The summed E-state index contributed by atoms with van der Waals surface area (Å²) in [5.41, 5.74) is 2.85. The van der Waals surface area contributed by atoms with Crippen LogP contribution in [0.15, 0.2) is 54.6 Å². The Hall–Kier alpha value is -1.88. The first-order valence-electron chi connectivity index (χ1n) is 10.7. The molecule has 4 heterocycles. The lowest BCUT2D eigenvalue weighted by Crippen LogP contribution is -2.59. The van der Waals surface area contributed by atoms with E-state index < -0.39 is 0 Å². The summed E-state index contributed by atoms with van der Waals surface area (Å²) >= 11 is 0. The average molecular weight is 379 g/mol. The lowest BCUT2D eigenvalue weighted by molar-refractivity contribution is -0.00869. The Morgan fingerprint density at radius 3 is 2.39 bits per heavy atom. The van der Waals surface area contributed by atoms with Gasteiger partial charge in [0.15, 0.2) is 0 Å². The number of fused-ring (bicyclic) bond motifs is 2. The standard InChI is InChI=1S/C24H30N2O2/c27-14-15-28-21-8-6-18(7-9-21)16-26-17-22(19-4-2-1-3-5-19)24-23(26)20-10-12-25(24)13-11-20/h1-9,20,22-24,27H,10-17H2/t22-,23+,24+/m1/s1. The molecule has 4 saturated heterocycles. The quantitative estimate of drug-likeness (QED) is 0.838. The maximum absolute atomic E-state index is 8.92. The van der Waals surface area contributed by atoms with Crippen LogP contribution in [0, 0.1) is 5.92 Å². The number of piperidine rings is 3. The molecule has 0 radical (unpaired) electrons. The van der Waals surface area contributed by atoms with Crippen molar-refractivity contribution >= 4 is 0 Å².